The Morgan fingerprint density at radius 1 is 1.22 bits per heavy atom. The molecule has 2 saturated carbocycles. The zero-order valence-electron chi connectivity index (χ0n) is 20.8. The molecule has 1 amide bonds. The van der Waals surface area contributed by atoms with Gasteiger partial charge in [0.1, 0.15) is 6.10 Å². The van der Waals surface area contributed by atoms with Gasteiger partial charge in [-0.25, -0.2) is 0 Å². The Kier molecular flexibility index (Phi) is 5.52. The van der Waals surface area contributed by atoms with Gasteiger partial charge in [-0.05, 0) is 68.8 Å². The normalized spacial score (nSPS) is 34.4. The van der Waals surface area contributed by atoms with Crippen LogP contribution in [0, 0.1) is 0 Å². The summed E-state index contributed by atoms with van der Waals surface area (Å²) in [7, 11) is 1.79. The summed E-state index contributed by atoms with van der Waals surface area (Å²) in [5.74, 6) is 0.402. The predicted octanol–water partition coefficient (Wildman–Crippen LogP) is 2.63. The first-order valence-electron chi connectivity index (χ1n) is 12.9. The van der Waals surface area contributed by atoms with Crippen molar-refractivity contribution in [3.8, 4) is 11.5 Å². The quantitative estimate of drug-likeness (QED) is 0.512. The number of amides is 1. The van der Waals surface area contributed by atoms with Crippen molar-refractivity contribution < 1.29 is 29.3 Å². The average Bonchev–Trinajstić information content (AvgIpc) is 3.22. The third kappa shape index (κ3) is 3.35. The lowest BCUT2D eigenvalue weighted by Crippen LogP contribution is -2.78. The smallest absolute Gasteiger partial charge is 0.246 e. The van der Waals surface area contributed by atoms with Crippen molar-refractivity contribution in [2.24, 2.45) is 0 Å². The van der Waals surface area contributed by atoms with Crippen LogP contribution in [0.5, 0.6) is 11.5 Å². The summed E-state index contributed by atoms with van der Waals surface area (Å²) in [5, 5.41) is 34.0. The summed E-state index contributed by atoms with van der Waals surface area (Å²) < 4.78 is 11.6. The van der Waals surface area contributed by atoms with Crippen LogP contribution in [0.1, 0.15) is 48.8 Å². The van der Waals surface area contributed by atoms with E-state index in [1.165, 1.54) is 6.08 Å². The fraction of sp³-hybridized carbons (Fsp3) is 0.536. The van der Waals surface area contributed by atoms with E-state index in [0.717, 1.165) is 36.1 Å². The molecule has 5 atom stereocenters. The minimum atomic E-state index is -1.07. The van der Waals surface area contributed by atoms with Gasteiger partial charge in [-0.15, -0.1) is 12.4 Å². The summed E-state index contributed by atoms with van der Waals surface area (Å²) in [4.78, 5) is 17.2. The van der Waals surface area contributed by atoms with Crippen LogP contribution in [0.15, 0.2) is 41.2 Å². The first kappa shape index (κ1) is 24.8. The molecule has 2 bridgehead atoms. The number of phenolic OH excluding ortho intramolecular Hbond substituents is 1. The molecule has 2 aliphatic heterocycles. The summed E-state index contributed by atoms with van der Waals surface area (Å²) in [6, 6.07) is 5.02. The molecule has 7 rings (SSSR count). The Morgan fingerprint density at radius 3 is 2.76 bits per heavy atom. The fourth-order valence-electron chi connectivity index (χ4n) is 7.69. The van der Waals surface area contributed by atoms with E-state index in [4.69, 9.17) is 9.15 Å². The summed E-state index contributed by atoms with van der Waals surface area (Å²) in [6.45, 7) is 1.30. The highest BCUT2D eigenvalue weighted by atomic mass is 35.5. The van der Waals surface area contributed by atoms with Crippen LogP contribution in [-0.4, -0.2) is 80.6 Å². The summed E-state index contributed by atoms with van der Waals surface area (Å²) in [5.41, 5.74) is 0.399. The first-order valence-corrected chi connectivity index (χ1v) is 12.9. The number of nitrogens with zero attached hydrogens (tertiary/aromatic N) is 2. The topological polar surface area (TPSA) is 107 Å². The number of likely N-dealkylation sites (tertiary alicyclic amines) is 1. The van der Waals surface area contributed by atoms with Crippen LogP contribution in [0.4, 0.5) is 0 Å². The van der Waals surface area contributed by atoms with E-state index in [9.17, 15) is 20.1 Å². The predicted molar refractivity (Wildman–Crippen MR) is 138 cm³/mol. The van der Waals surface area contributed by atoms with Crippen LogP contribution in [0.3, 0.4) is 0 Å². The van der Waals surface area contributed by atoms with E-state index < -0.39 is 22.7 Å². The van der Waals surface area contributed by atoms with Crippen LogP contribution in [-0.2, 0) is 16.6 Å². The maximum atomic E-state index is 13.2. The van der Waals surface area contributed by atoms with Crippen LogP contribution in [0.2, 0.25) is 0 Å². The molecule has 1 spiro atoms. The number of carbonyl (C=O) groups excluding carboxylic acids is 1. The van der Waals surface area contributed by atoms with E-state index in [-0.39, 0.29) is 36.1 Å². The van der Waals surface area contributed by atoms with E-state index in [1.807, 2.05) is 6.07 Å². The Balaban J connectivity index is 0.00000252. The Hall–Kier alpha value is -2.52. The molecule has 8 nitrogen and oxygen atoms in total. The largest absolute Gasteiger partial charge is 0.504 e. The highest BCUT2D eigenvalue weighted by Crippen LogP contribution is 2.66. The molecule has 3 N–H and O–H groups in total. The molecular weight excluding hydrogens is 496 g/mol. The summed E-state index contributed by atoms with van der Waals surface area (Å²) in [6.07, 6.45) is 9.97. The molecule has 0 radical (unpaired) electrons. The van der Waals surface area contributed by atoms with E-state index >= 15 is 0 Å². The van der Waals surface area contributed by atoms with E-state index in [1.54, 1.807) is 42.7 Å². The van der Waals surface area contributed by atoms with E-state index in [2.05, 4.69) is 4.90 Å². The number of halogens is 1. The number of rotatable bonds is 5. The molecule has 5 aliphatic rings. The van der Waals surface area contributed by atoms with Crippen LogP contribution < -0.4 is 4.74 Å². The molecular formula is C28H33ClN2O6. The zero-order chi connectivity index (χ0) is 24.9. The number of hydrogen-bond donors (Lipinski definition) is 3. The van der Waals surface area contributed by atoms with Gasteiger partial charge >= 0.3 is 0 Å². The van der Waals surface area contributed by atoms with Crippen LogP contribution >= 0.6 is 12.4 Å². The van der Waals surface area contributed by atoms with Crippen molar-refractivity contribution in [1.29, 1.82) is 0 Å². The standard InChI is InChI=1S/C28H32N2O6.ClH/c1-29(22(32)5-2-17-7-13-35-15-17)19-6-8-28(34)21-14-18-3-4-20(31)24-23(18)27(28,25(19)36-24)11-12-30(21)16-26(33)9-10-26;/h2-5,7,13,15,19,21,25,31,33-34H,6,8-12,14,16H2,1H3;1H/b5-2+;/t19-,21+,25+,27+,28-;/m1./s1. The van der Waals surface area contributed by atoms with Gasteiger partial charge in [-0.2, -0.15) is 0 Å². The number of ether oxygens (including phenoxy) is 1. The van der Waals surface area contributed by atoms with Gasteiger partial charge in [-0.1, -0.05) is 6.07 Å². The summed E-state index contributed by atoms with van der Waals surface area (Å²) >= 11 is 0. The highest BCUT2D eigenvalue weighted by molar-refractivity contribution is 5.92. The SMILES string of the molecule is CN(C(=O)/C=C/c1ccoc1)[C@@H]1CC[C@@]2(O)[C@@H]3Cc4ccc(O)c5c4[C@@]2(CCN3CC2(O)CC2)[C@H]1O5.Cl. The van der Waals surface area contributed by atoms with Crippen molar-refractivity contribution in [3.05, 3.63) is 53.5 Å². The molecule has 37 heavy (non-hydrogen) atoms. The van der Waals surface area contributed by atoms with Gasteiger partial charge < -0.3 is 29.4 Å². The van der Waals surface area contributed by atoms with Gasteiger partial charge in [0.25, 0.3) is 0 Å². The zero-order valence-corrected chi connectivity index (χ0v) is 21.6. The number of β-amino-alcohol motifs (C(OH)–C–C–N with tert-alkyl or cyclic N) is 1. The molecule has 1 aromatic carbocycles. The third-order valence-electron chi connectivity index (χ3n) is 9.67. The lowest BCUT2D eigenvalue weighted by Gasteiger charge is -2.64. The number of piperidine rings is 1. The van der Waals surface area contributed by atoms with Crippen LogP contribution in [0.25, 0.3) is 6.08 Å². The van der Waals surface area contributed by atoms with Gasteiger partial charge in [0.2, 0.25) is 5.91 Å². The monoisotopic (exact) mass is 528 g/mol. The number of carbonyl (C=O) groups is 1. The van der Waals surface area contributed by atoms with Gasteiger partial charge in [0.05, 0.1) is 35.2 Å². The van der Waals surface area contributed by atoms with Crippen molar-refractivity contribution in [1.82, 2.24) is 9.80 Å². The molecule has 2 aromatic rings. The number of aliphatic hydroxyl groups is 2. The molecule has 3 heterocycles. The number of furan rings is 1. The van der Waals surface area contributed by atoms with Crippen molar-refractivity contribution in [2.45, 2.75) is 73.3 Å². The fourth-order valence-corrected chi connectivity index (χ4v) is 7.69. The molecule has 198 valence electrons. The second-order valence-electron chi connectivity index (χ2n) is 11.5. The maximum Gasteiger partial charge on any atom is 0.246 e. The van der Waals surface area contributed by atoms with Crippen molar-refractivity contribution >= 4 is 24.4 Å². The van der Waals surface area contributed by atoms with Gasteiger partial charge in [0, 0.05) is 36.8 Å². The molecule has 9 heteroatoms. The maximum absolute atomic E-state index is 13.2. The highest BCUT2D eigenvalue weighted by Gasteiger charge is 2.73. The van der Waals surface area contributed by atoms with E-state index in [0.29, 0.717) is 38.0 Å². The minimum Gasteiger partial charge on any atom is -0.504 e. The molecule has 3 fully saturated rings. The lowest BCUT2D eigenvalue weighted by molar-refractivity contribution is -0.202. The number of hydrogen-bond acceptors (Lipinski definition) is 7. The molecule has 3 aliphatic carbocycles. The Morgan fingerprint density at radius 2 is 2.03 bits per heavy atom. The number of likely N-dealkylation sites (N-methyl/N-ethyl adjacent to an activating group) is 1. The van der Waals surface area contributed by atoms with Crippen molar-refractivity contribution in [3.63, 3.8) is 0 Å². The number of benzene rings is 1. The molecule has 1 aromatic heterocycles. The number of phenols is 1. The Bertz CT molecular complexity index is 1260. The van der Waals surface area contributed by atoms with Crippen molar-refractivity contribution in [2.75, 3.05) is 20.1 Å². The second kappa shape index (κ2) is 8.24. The molecule has 0 unspecified atom stereocenters. The third-order valence-corrected chi connectivity index (χ3v) is 9.67. The first-order chi connectivity index (χ1) is 17.3. The number of aromatic hydroxyl groups is 1. The second-order valence-corrected chi connectivity index (χ2v) is 11.5. The van der Waals surface area contributed by atoms with Gasteiger partial charge in [0.15, 0.2) is 11.5 Å². The lowest BCUT2D eigenvalue weighted by atomic mass is 9.48. The minimum absolute atomic E-state index is 0. The molecule has 1 saturated heterocycles. The van der Waals surface area contributed by atoms with Gasteiger partial charge in [-0.3, -0.25) is 9.69 Å². The average molecular weight is 529 g/mol. The Labute approximate surface area is 221 Å².